The van der Waals surface area contributed by atoms with E-state index in [1.165, 1.54) is 19.3 Å². The lowest BCUT2D eigenvalue weighted by molar-refractivity contribution is -0.193. The Morgan fingerprint density at radius 2 is 1.55 bits per heavy atom. The molecule has 0 aromatic rings. The molecular weight excluding hydrogens is 248 g/mol. The largest absolute Gasteiger partial charge is 0.367 e. The molecule has 2 aliphatic rings. The number of hydrogen-bond acceptors (Lipinski definition) is 3. The number of nitrogens with zero attached hydrogens (tertiary/aromatic N) is 1. The molecule has 1 N–H and O–H groups in total. The SMILES string of the molecule is CNC1C(N2CC(C)(C)OC(C)(C)C2)CCCC1(C)C. The van der Waals surface area contributed by atoms with Gasteiger partial charge in [0.15, 0.2) is 0 Å². The number of nitrogens with one attached hydrogen (secondary N) is 1. The van der Waals surface area contributed by atoms with Crippen LogP contribution < -0.4 is 5.32 Å². The van der Waals surface area contributed by atoms with Crippen LogP contribution in [-0.4, -0.2) is 48.3 Å². The quantitative estimate of drug-likeness (QED) is 0.842. The van der Waals surface area contributed by atoms with Crippen LogP contribution in [0.2, 0.25) is 0 Å². The average Bonchev–Trinajstić information content (AvgIpc) is 2.23. The van der Waals surface area contributed by atoms with E-state index in [1.807, 2.05) is 0 Å². The molecule has 3 nitrogen and oxygen atoms in total. The van der Waals surface area contributed by atoms with Crippen molar-refractivity contribution >= 4 is 0 Å². The van der Waals surface area contributed by atoms with Gasteiger partial charge in [-0.25, -0.2) is 0 Å². The fourth-order valence-corrected chi connectivity index (χ4v) is 4.67. The first-order valence-electron chi connectivity index (χ1n) is 8.18. The Labute approximate surface area is 125 Å². The predicted octanol–water partition coefficient (Wildman–Crippen LogP) is 3.04. The molecular formula is C17H34N2O. The first-order valence-corrected chi connectivity index (χ1v) is 8.18. The molecule has 20 heavy (non-hydrogen) atoms. The molecule has 1 saturated carbocycles. The van der Waals surface area contributed by atoms with E-state index >= 15 is 0 Å². The van der Waals surface area contributed by atoms with E-state index in [4.69, 9.17) is 4.74 Å². The van der Waals surface area contributed by atoms with Crippen LogP contribution in [0.4, 0.5) is 0 Å². The maximum Gasteiger partial charge on any atom is 0.0760 e. The lowest BCUT2D eigenvalue weighted by Gasteiger charge is -2.54. The number of morpholine rings is 1. The van der Waals surface area contributed by atoms with Crippen LogP contribution >= 0.6 is 0 Å². The van der Waals surface area contributed by atoms with Crippen LogP contribution in [-0.2, 0) is 4.74 Å². The van der Waals surface area contributed by atoms with Gasteiger partial charge in [-0.15, -0.1) is 0 Å². The Bertz CT molecular complexity index is 333. The van der Waals surface area contributed by atoms with E-state index in [0.717, 1.165) is 13.1 Å². The molecule has 1 aliphatic carbocycles. The Morgan fingerprint density at radius 1 is 1.00 bits per heavy atom. The molecule has 0 aromatic carbocycles. The maximum absolute atomic E-state index is 6.24. The summed E-state index contributed by atoms with van der Waals surface area (Å²) in [6, 6.07) is 1.20. The van der Waals surface area contributed by atoms with Crippen molar-refractivity contribution in [2.75, 3.05) is 20.1 Å². The fraction of sp³-hybridized carbons (Fsp3) is 1.00. The monoisotopic (exact) mass is 282 g/mol. The lowest BCUT2D eigenvalue weighted by Crippen LogP contribution is -2.65. The zero-order valence-electron chi connectivity index (χ0n) is 14.5. The van der Waals surface area contributed by atoms with Crippen molar-refractivity contribution in [2.24, 2.45) is 5.41 Å². The third-order valence-electron chi connectivity index (χ3n) is 5.05. The van der Waals surface area contributed by atoms with Gasteiger partial charge >= 0.3 is 0 Å². The van der Waals surface area contributed by atoms with Crippen molar-refractivity contribution < 1.29 is 4.74 Å². The second kappa shape index (κ2) is 5.26. The minimum absolute atomic E-state index is 0.0539. The Kier molecular flexibility index (Phi) is 4.27. The van der Waals surface area contributed by atoms with E-state index in [-0.39, 0.29) is 11.2 Å². The van der Waals surface area contributed by atoms with Gasteiger partial charge in [0.2, 0.25) is 0 Å². The normalized spacial score (nSPS) is 36.8. The minimum atomic E-state index is -0.0539. The summed E-state index contributed by atoms with van der Waals surface area (Å²) in [7, 11) is 2.13. The van der Waals surface area contributed by atoms with Crippen LogP contribution in [0.15, 0.2) is 0 Å². The van der Waals surface area contributed by atoms with Crippen molar-refractivity contribution in [3.05, 3.63) is 0 Å². The summed E-state index contributed by atoms with van der Waals surface area (Å²) in [6.07, 6.45) is 3.97. The van der Waals surface area contributed by atoms with Crippen LogP contribution in [0, 0.1) is 5.41 Å². The van der Waals surface area contributed by atoms with Gasteiger partial charge in [0.05, 0.1) is 11.2 Å². The zero-order chi connectivity index (χ0) is 15.2. The van der Waals surface area contributed by atoms with E-state index in [1.54, 1.807) is 0 Å². The third kappa shape index (κ3) is 3.37. The lowest BCUT2D eigenvalue weighted by atomic mass is 9.70. The molecule has 2 unspecified atom stereocenters. The van der Waals surface area contributed by atoms with Crippen molar-refractivity contribution in [3.8, 4) is 0 Å². The highest BCUT2D eigenvalue weighted by atomic mass is 16.5. The molecule has 0 spiro atoms. The third-order valence-corrected chi connectivity index (χ3v) is 5.05. The molecule has 2 rings (SSSR count). The second-order valence-electron chi connectivity index (χ2n) is 8.74. The molecule has 1 heterocycles. The zero-order valence-corrected chi connectivity index (χ0v) is 14.5. The molecule has 2 atom stereocenters. The molecule has 1 aliphatic heterocycles. The van der Waals surface area contributed by atoms with Gasteiger partial charge in [-0.1, -0.05) is 20.3 Å². The van der Waals surface area contributed by atoms with Crippen molar-refractivity contribution in [2.45, 2.75) is 84.1 Å². The highest BCUT2D eigenvalue weighted by molar-refractivity contribution is 5.01. The summed E-state index contributed by atoms with van der Waals surface area (Å²) in [5.41, 5.74) is 0.271. The summed E-state index contributed by atoms with van der Waals surface area (Å²) in [5.74, 6) is 0. The van der Waals surface area contributed by atoms with Gasteiger partial charge in [0, 0.05) is 25.2 Å². The molecule has 2 fully saturated rings. The number of hydrogen-bond donors (Lipinski definition) is 1. The highest BCUT2D eigenvalue weighted by Gasteiger charge is 2.46. The molecule has 0 bridgehead atoms. The topological polar surface area (TPSA) is 24.5 Å². The molecule has 0 radical (unpaired) electrons. The van der Waals surface area contributed by atoms with Crippen LogP contribution in [0.1, 0.15) is 60.8 Å². The number of rotatable bonds is 2. The molecule has 1 saturated heterocycles. The first-order chi connectivity index (χ1) is 9.06. The summed E-state index contributed by atoms with van der Waals surface area (Å²) in [5, 5.41) is 3.61. The maximum atomic E-state index is 6.24. The van der Waals surface area contributed by atoms with Crippen LogP contribution in [0.5, 0.6) is 0 Å². The van der Waals surface area contributed by atoms with Crippen LogP contribution in [0.25, 0.3) is 0 Å². The van der Waals surface area contributed by atoms with Gasteiger partial charge in [-0.05, 0) is 53.0 Å². The molecule has 0 amide bonds. The van der Waals surface area contributed by atoms with Crippen LogP contribution in [0.3, 0.4) is 0 Å². The number of likely N-dealkylation sites (N-methyl/N-ethyl adjacent to an activating group) is 1. The minimum Gasteiger partial charge on any atom is -0.367 e. The van der Waals surface area contributed by atoms with Crippen molar-refractivity contribution in [1.29, 1.82) is 0 Å². The van der Waals surface area contributed by atoms with Gasteiger partial charge in [-0.2, -0.15) is 0 Å². The van der Waals surface area contributed by atoms with E-state index < -0.39 is 0 Å². The Balaban J connectivity index is 2.20. The summed E-state index contributed by atoms with van der Waals surface area (Å²) in [6.45, 7) is 15.8. The molecule has 0 aromatic heterocycles. The molecule has 118 valence electrons. The van der Waals surface area contributed by atoms with E-state index in [2.05, 4.69) is 58.8 Å². The number of ether oxygens (including phenoxy) is 1. The summed E-state index contributed by atoms with van der Waals surface area (Å²) in [4.78, 5) is 2.69. The van der Waals surface area contributed by atoms with Gasteiger partial charge < -0.3 is 10.1 Å². The van der Waals surface area contributed by atoms with Gasteiger partial charge in [0.1, 0.15) is 0 Å². The second-order valence-corrected chi connectivity index (χ2v) is 8.74. The van der Waals surface area contributed by atoms with Gasteiger partial charge in [0.25, 0.3) is 0 Å². The standard InChI is InChI=1S/C17H34N2O/c1-15(2)10-8-9-13(14(15)18-7)19-11-16(3,4)20-17(5,6)12-19/h13-14,18H,8-12H2,1-7H3. The molecule has 3 heteroatoms. The first kappa shape index (κ1) is 16.3. The highest BCUT2D eigenvalue weighted by Crippen LogP contribution is 2.40. The van der Waals surface area contributed by atoms with Crippen molar-refractivity contribution in [3.63, 3.8) is 0 Å². The van der Waals surface area contributed by atoms with E-state index in [0.29, 0.717) is 17.5 Å². The van der Waals surface area contributed by atoms with E-state index in [9.17, 15) is 0 Å². The Hall–Kier alpha value is -0.120. The average molecular weight is 282 g/mol. The summed E-state index contributed by atoms with van der Waals surface area (Å²) >= 11 is 0. The Morgan fingerprint density at radius 3 is 2.05 bits per heavy atom. The predicted molar refractivity (Wildman–Crippen MR) is 85.1 cm³/mol. The smallest absolute Gasteiger partial charge is 0.0760 e. The van der Waals surface area contributed by atoms with Gasteiger partial charge in [-0.3, -0.25) is 4.90 Å². The van der Waals surface area contributed by atoms with Crippen molar-refractivity contribution in [1.82, 2.24) is 10.2 Å². The fourth-order valence-electron chi connectivity index (χ4n) is 4.67. The summed E-state index contributed by atoms with van der Waals surface area (Å²) < 4.78 is 6.24.